The number of anilines is 1. The van der Waals surface area contributed by atoms with Crippen LogP contribution in [0.2, 0.25) is 0 Å². The van der Waals surface area contributed by atoms with Gasteiger partial charge >= 0.3 is 0 Å². The van der Waals surface area contributed by atoms with Crippen molar-refractivity contribution in [1.82, 2.24) is 14.5 Å². The molecule has 2 N–H and O–H groups in total. The fraction of sp³-hybridized carbons (Fsp3) is 0.333. The monoisotopic (exact) mass is 272 g/mol. The second-order valence-electron chi connectivity index (χ2n) is 4.89. The molecule has 1 aromatic heterocycles. The lowest BCUT2D eigenvalue weighted by Crippen LogP contribution is -2.31. The summed E-state index contributed by atoms with van der Waals surface area (Å²) in [6.45, 7) is 3.34. The Hall–Kier alpha value is -2.30. The highest BCUT2D eigenvalue weighted by Gasteiger charge is 2.17. The van der Waals surface area contributed by atoms with Crippen molar-refractivity contribution in [3.63, 3.8) is 0 Å². The van der Waals surface area contributed by atoms with Gasteiger partial charge in [0.25, 0.3) is 5.91 Å². The quantitative estimate of drug-likeness (QED) is 0.847. The average Bonchev–Trinajstić information content (AvgIpc) is 2.86. The number of aromatic nitrogens is 2. The van der Waals surface area contributed by atoms with E-state index >= 15 is 0 Å². The molecule has 0 radical (unpaired) electrons. The normalized spacial score (nSPS) is 10.5. The van der Waals surface area contributed by atoms with Crippen LogP contribution in [0.4, 0.5) is 5.69 Å². The van der Waals surface area contributed by atoms with Crippen LogP contribution in [0.25, 0.3) is 0 Å². The number of nitrogens with zero attached hydrogens (tertiary/aromatic N) is 3. The summed E-state index contributed by atoms with van der Waals surface area (Å²) in [6.07, 6.45) is 4.29. The number of hydrogen-bond acceptors (Lipinski definition) is 3. The largest absolute Gasteiger partial charge is 0.399 e. The molecule has 5 nitrogen and oxygen atoms in total. The molecular formula is C15H20N4O. The molecular weight excluding hydrogens is 252 g/mol. The first kappa shape index (κ1) is 14.1. The van der Waals surface area contributed by atoms with E-state index in [4.69, 9.17) is 5.73 Å². The summed E-state index contributed by atoms with van der Waals surface area (Å²) < 4.78 is 1.78. The summed E-state index contributed by atoms with van der Waals surface area (Å²) in [6, 6.07) is 7.60. The molecule has 0 aliphatic carbocycles. The Morgan fingerprint density at radius 1 is 1.35 bits per heavy atom. The van der Waals surface area contributed by atoms with Crippen LogP contribution in [0, 0.1) is 0 Å². The molecule has 0 spiro atoms. The van der Waals surface area contributed by atoms with Gasteiger partial charge in [-0.1, -0.05) is 19.1 Å². The third-order valence-electron chi connectivity index (χ3n) is 3.06. The predicted molar refractivity (Wildman–Crippen MR) is 79.1 cm³/mol. The third-order valence-corrected chi connectivity index (χ3v) is 3.06. The molecule has 1 heterocycles. The minimum atomic E-state index is -0.0377. The minimum Gasteiger partial charge on any atom is -0.399 e. The number of carbonyl (C=O) groups is 1. The zero-order valence-electron chi connectivity index (χ0n) is 11.9. The van der Waals surface area contributed by atoms with E-state index in [-0.39, 0.29) is 5.91 Å². The molecule has 0 saturated carbocycles. The maximum absolute atomic E-state index is 12.4. The van der Waals surface area contributed by atoms with Gasteiger partial charge < -0.3 is 15.2 Å². The van der Waals surface area contributed by atoms with E-state index in [9.17, 15) is 4.79 Å². The predicted octanol–water partition coefficient (Wildman–Crippen LogP) is 2.05. The van der Waals surface area contributed by atoms with Crippen LogP contribution in [0.3, 0.4) is 0 Å². The lowest BCUT2D eigenvalue weighted by Gasteiger charge is -2.21. The lowest BCUT2D eigenvalue weighted by molar-refractivity contribution is 0.0737. The fourth-order valence-electron chi connectivity index (χ4n) is 2.05. The Kier molecular flexibility index (Phi) is 4.40. The number of carbonyl (C=O) groups excluding carboxylic acids is 1. The van der Waals surface area contributed by atoms with Crippen molar-refractivity contribution < 1.29 is 4.79 Å². The Labute approximate surface area is 119 Å². The zero-order valence-corrected chi connectivity index (χ0v) is 11.9. The fourth-order valence-corrected chi connectivity index (χ4v) is 2.05. The van der Waals surface area contributed by atoms with Crippen molar-refractivity contribution in [2.24, 2.45) is 7.05 Å². The van der Waals surface area contributed by atoms with Gasteiger partial charge in [0.15, 0.2) is 0 Å². The number of nitrogen functional groups attached to an aromatic ring is 1. The van der Waals surface area contributed by atoms with Crippen molar-refractivity contribution in [2.45, 2.75) is 19.9 Å². The number of benzene rings is 1. The molecule has 0 bridgehead atoms. The first-order valence-corrected chi connectivity index (χ1v) is 6.71. The zero-order chi connectivity index (χ0) is 14.5. The summed E-state index contributed by atoms with van der Waals surface area (Å²) in [5, 5.41) is 0. The molecule has 0 aliphatic rings. The average molecular weight is 272 g/mol. The molecule has 0 fully saturated rings. The SMILES string of the molecule is CCCN(Cc1ccc(N)cc1)C(=O)c1cn(C)cn1. The first-order valence-electron chi connectivity index (χ1n) is 6.71. The Bertz CT molecular complexity index is 574. The van der Waals surface area contributed by atoms with E-state index in [1.165, 1.54) is 0 Å². The van der Waals surface area contributed by atoms with Gasteiger partial charge in [0.2, 0.25) is 0 Å². The molecule has 0 unspecified atom stereocenters. The van der Waals surface area contributed by atoms with Gasteiger partial charge in [-0.25, -0.2) is 4.98 Å². The lowest BCUT2D eigenvalue weighted by atomic mass is 10.2. The molecule has 5 heteroatoms. The van der Waals surface area contributed by atoms with E-state index in [0.717, 1.165) is 17.7 Å². The van der Waals surface area contributed by atoms with Crippen molar-refractivity contribution in [1.29, 1.82) is 0 Å². The van der Waals surface area contributed by atoms with Gasteiger partial charge in [-0.2, -0.15) is 0 Å². The second kappa shape index (κ2) is 6.23. The van der Waals surface area contributed by atoms with Gasteiger partial charge in [-0.05, 0) is 24.1 Å². The van der Waals surface area contributed by atoms with Gasteiger partial charge in [-0.3, -0.25) is 4.79 Å². The van der Waals surface area contributed by atoms with E-state index < -0.39 is 0 Å². The van der Waals surface area contributed by atoms with Crippen LogP contribution in [-0.2, 0) is 13.6 Å². The van der Waals surface area contributed by atoms with Gasteiger partial charge in [-0.15, -0.1) is 0 Å². The first-order chi connectivity index (χ1) is 9.60. The number of rotatable bonds is 5. The maximum atomic E-state index is 12.4. The van der Waals surface area contributed by atoms with E-state index in [2.05, 4.69) is 11.9 Å². The molecule has 106 valence electrons. The molecule has 1 aromatic carbocycles. The standard InChI is InChI=1S/C15H20N4O/c1-3-8-19(9-12-4-6-13(16)7-5-12)15(20)14-10-18(2)11-17-14/h4-7,10-11H,3,8-9,16H2,1-2H3. The van der Waals surface area contributed by atoms with Crippen LogP contribution in [0.15, 0.2) is 36.8 Å². The number of hydrogen-bond donors (Lipinski definition) is 1. The number of amides is 1. The summed E-state index contributed by atoms with van der Waals surface area (Å²) in [4.78, 5) is 18.4. The number of aryl methyl sites for hydroxylation is 1. The van der Waals surface area contributed by atoms with Crippen LogP contribution >= 0.6 is 0 Å². The Morgan fingerprint density at radius 3 is 2.60 bits per heavy atom. The summed E-state index contributed by atoms with van der Waals surface area (Å²) >= 11 is 0. The third kappa shape index (κ3) is 3.38. The topological polar surface area (TPSA) is 64.2 Å². The number of imidazole rings is 1. The highest BCUT2D eigenvalue weighted by atomic mass is 16.2. The molecule has 0 aliphatic heterocycles. The molecule has 20 heavy (non-hydrogen) atoms. The summed E-state index contributed by atoms with van der Waals surface area (Å²) in [5.74, 6) is -0.0377. The molecule has 1 amide bonds. The summed E-state index contributed by atoms with van der Waals surface area (Å²) in [5.41, 5.74) is 7.95. The smallest absolute Gasteiger partial charge is 0.274 e. The van der Waals surface area contributed by atoms with Crippen molar-refractivity contribution in [3.05, 3.63) is 48.0 Å². The molecule has 2 rings (SSSR count). The van der Waals surface area contributed by atoms with Crippen LogP contribution in [0.5, 0.6) is 0 Å². The van der Waals surface area contributed by atoms with E-state index in [0.29, 0.717) is 18.8 Å². The van der Waals surface area contributed by atoms with E-state index in [1.807, 2.05) is 36.2 Å². The highest BCUT2D eigenvalue weighted by Crippen LogP contribution is 2.11. The van der Waals surface area contributed by atoms with E-state index in [1.54, 1.807) is 17.1 Å². The maximum Gasteiger partial charge on any atom is 0.274 e. The Morgan fingerprint density at radius 2 is 2.05 bits per heavy atom. The van der Waals surface area contributed by atoms with Crippen LogP contribution < -0.4 is 5.73 Å². The van der Waals surface area contributed by atoms with Gasteiger partial charge in [0.05, 0.1) is 6.33 Å². The van der Waals surface area contributed by atoms with Crippen LogP contribution in [-0.4, -0.2) is 26.9 Å². The number of nitrogens with two attached hydrogens (primary N) is 1. The molecule has 0 saturated heterocycles. The van der Waals surface area contributed by atoms with Crippen molar-refractivity contribution in [3.8, 4) is 0 Å². The molecule has 0 atom stereocenters. The van der Waals surface area contributed by atoms with Crippen LogP contribution in [0.1, 0.15) is 29.4 Å². The summed E-state index contributed by atoms with van der Waals surface area (Å²) in [7, 11) is 1.86. The van der Waals surface area contributed by atoms with Crippen molar-refractivity contribution >= 4 is 11.6 Å². The Balaban J connectivity index is 2.14. The second-order valence-corrected chi connectivity index (χ2v) is 4.89. The highest BCUT2D eigenvalue weighted by molar-refractivity contribution is 5.92. The van der Waals surface area contributed by atoms with Crippen molar-refractivity contribution in [2.75, 3.05) is 12.3 Å². The van der Waals surface area contributed by atoms with Gasteiger partial charge in [0, 0.05) is 32.0 Å². The molecule has 2 aromatic rings. The minimum absolute atomic E-state index is 0.0377. The van der Waals surface area contributed by atoms with Gasteiger partial charge in [0.1, 0.15) is 5.69 Å².